The normalized spacial score (nSPS) is 40.5. The summed E-state index contributed by atoms with van der Waals surface area (Å²) in [4.78, 5) is 0. The monoisotopic (exact) mass is 180 g/mol. The summed E-state index contributed by atoms with van der Waals surface area (Å²) in [6.07, 6.45) is 10.3. The molecule has 0 N–H and O–H groups in total. The maximum absolute atomic E-state index is 5.73. The average molecular weight is 180 g/mol. The van der Waals surface area contributed by atoms with Crippen LogP contribution >= 0.6 is 0 Å². The van der Waals surface area contributed by atoms with Crippen molar-refractivity contribution >= 4 is 0 Å². The molecule has 1 heterocycles. The van der Waals surface area contributed by atoms with Crippen molar-refractivity contribution in [1.82, 2.24) is 0 Å². The van der Waals surface area contributed by atoms with E-state index in [0.717, 1.165) is 19.4 Å². The molecule has 1 fully saturated rings. The predicted octanol–water partition coefficient (Wildman–Crippen LogP) is 2.41. The second-order valence-corrected chi connectivity index (χ2v) is 3.80. The zero-order chi connectivity index (χ0) is 9.36. The molecule has 2 heteroatoms. The lowest BCUT2D eigenvalue weighted by Gasteiger charge is -2.13. The molecule has 72 valence electrons. The van der Waals surface area contributed by atoms with Crippen LogP contribution in [0.5, 0.6) is 0 Å². The molecular weight excluding hydrogens is 164 g/mol. The number of hydrogen-bond acceptors (Lipinski definition) is 2. The first-order valence-corrected chi connectivity index (χ1v) is 4.94. The molecule has 0 spiro atoms. The number of rotatable bonds is 4. The van der Waals surface area contributed by atoms with Gasteiger partial charge in [-0.25, -0.2) is 0 Å². The lowest BCUT2D eigenvalue weighted by atomic mass is 10.00. The van der Waals surface area contributed by atoms with E-state index in [-0.39, 0.29) is 5.60 Å². The summed E-state index contributed by atoms with van der Waals surface area (Å²) in [5.41, 5.74) is -0.199. The molecule has 1 aliphatic carbocycles. The fourth-order valence-electron chi connectivity index (χ4n) is 1.65. The van der Waals surface area contributed by atoms with E-state index in [1.165, 1.54) is 0 Å². The number of epoxide rings is 1. The molecule has 2 nitrogen and oxygen atoms in total. The topological polar surface area (TPSA) is 21.8 Å². The Morgan fingerprint density at radius 1 is 1.31 bits per heavy atom. The minimum atomic E-state index is -0.434. The van der Waals surface area contributed by atoms with E-state index in [2.05, 4.69) is 19.9 Å². The third-order valence-corrected chi connectivity index (χ3v) is 2.67. The van der Waals surface area contributed by atoms with Crippen LogP contribution in [0.2, 0.25) is 0 Å². The maximum Gasteiger partial charge on any atom is 0.222 e. The number of hydrogen-bond donors (Lipinski definition) is 0. The Labute approximate surface area is 79.2 Å². The highest BCUT2D eigenvalue weighted by Gasteiger charge is 2.66. The minimum Gasteiger partial charge on any atom is -0.344 e. The highest BCUT2D eigenvalue weighted by molar-refractivity contribution is 5.34. The first-order chi connectivity index (χ1) is 6.22. The van der Waals surface area contributed by atoms with Crippen molar-refractivity contribution in [3.8, 4) is 0 Å². The van der Waals surface area contributed by atoms with E-state index in [9.17, 15) is 0 Å². The molecule has 1 aliphatic heterocycles. The zero-order valence-electron chi connectivity index (χ0n) is 8.25. The van der Waals surface area contributed by atoms with Gasteiger partial charge in [0.1, 0.15) is 5.60 Å². The second kappa shape index (κ2) is 2.96. The quantitative estimate of drug-likeness (QED) is 0.489. The first kappa shape index (κ1) is 8.97. The Hall–Kier alpha value is -0.600. The molecule has 2 atom stereocenters. The summed E-state index contributed by atoms with van der Waals surface area (Å²) in [5, 5.41) is 0. The standard InChI is InChI=1S/C11H16O2/c1-3-4-9-12-11-8-6-5-7-10(11,2)13-11/h5-8H,3-4,9H2,1-2H3. The molecule has 0 bridgehead atoms. The minimum absolute atomic E-state index is 0.199. The van der Waals surface area contributed by atoms with Crippen LogP contribution in [-0.4, -0.2) is 18.0 Å². The molecule has 0 aromatic rings. The summed E-state index contributed by atoms with van der Waals surface area (Å²) >= 11 is 0. The van der Waals surface area contributed by atoms with Crippen LogP contribution < -0.4 is 0 Å². The van der Waals surface area contributed by atoms with Gasteiger partial charge in [0.15, 0.2) is 0 Å². The lowest BCUT2D eigenvalue weighted by Crippen LogP contribution is -2.24. The van der Waals surface area contributed by atoms with Crippen LogP contribution in [0.25, 0.3) is 0 Å². The van der Waals surface area contributed by atoms with Crippen LogP contribution in [0.1, 0.15) is 26.7 Å². The highest BCUT2D eigenvalue weighted by atomic mass is 16.8. The third-order valence-electron chi connectivity index (χ3n) is 2.67. The summed E-state index contributed by atoms with van der Waals surface area (Å²) in [6, 6.07) is 0. The van der Waals surface area contributed by atoms with Gasteiger partial charge in [0.2, 0.25) is 5.79 Å². The Morgan fingerprint density at radius 3 is 2.77 bits per heavy atom. The molecule has 2 rings (SSSR count). The Balaban J connectivity index is 1.93. The van der Waals surface area contributed by atoms with Gasteiger partial charge in [0.25, 0.3) is 0 Å². The molecular formula is C11H16O2. The summed E-state index contributed by atoms with van der Waals surface area (Å²) in [6.45, 7) is 4.99. The van der Waals surface area contributed by atoms with Gasteiger partial charge in [-0.2, -0.15) is 0 Å². The average Bonchev–Trinajstić information content (AvgIpc) is 2.72. The fourth-order valence-corrected chi connectivity index (χ4v) is 1.65. The van der Waals surface area contributed by atoms with E-state index >= 15 is 0 Å². The van der Waals surface area contributed by atoms with Crippen molar-refractivity contribution in [1.29, 1.82) is 0 Å². The van der Waals surface area contributed by atoms with Gasteiger partial charge in [-0.1, -0.05) is 25.5 Å². The highest BCUT2D eigenvalue weighted by Crippen LogP contribution is 2.52. The summed E-state index contributed by atoms with van der Waals surface area (Å²) in [5.74, 6) is -0.434. The SMILES string of the molecule is CCCCOC12C=CC=CC1(C)O2. The van der Waals surface area contributed by atoms with Gasteiger partial charge < -0.3 is 9.47 Å². The smallest absolute Gasteiger partial charge is 0.222 e. The molecule has 0 radical (unpaired) electrons. The van der Waals surface area contributed by atoms with Crippen molar-refractivity contribution in [3.63, 3.8) is 0 Å². The number of fused-ring (bicyclic) bond motifs is 1. The van der Waals surface area contributed by atoms with Crippen LogP contribution in [0.3, 0.4) is 0 Å². The maximum atomic E-state index is 5.73. The predicted molar refractivity (Wildman–Crippen MR) is 51.4 cm³/mol. The number of unbranched alkanes of at least 4 members (excludes halogenated alkanes) is 1. The van der Waals surface area contributed by atoms with E-state index in [0.29, 0.717) is 0 Å². The van der Waals surface area contributed by atoms with E-state index < -0.39 is 5.79 Å². The fraction of sp³-hybridized carbons (Fsp3) is 0.636. The molecule has 1 saturated heterocycles. The molecule has 0 aromatic heterocycles. The van der Waals surface area contributed by atoms with Crippen LogP contribution in [0, 0.1) is 0 Å². The number of ether oxygens (including phenoxy) is 2. The van der Waals surface area contributed by atoms with Crippen molar-refractivity contribution in [2.75, 3.05) is 6.61 Å². The molecule has 13 heavy (non-hydrogen) atoms. The first-order valence-electron chi connectivity index (χ1n) is 4.94. The molecule has 0 aromatic carbocycles. The van der Waals surface area contributed by atoms with Crippen molar-refractivity contribution in [3.05, 3.63) is 24.3 Å². The van der Waals surface area contributed by atoms with E-state index in [1.807, 2.05) is 18.2 Å². The molecule has 2 aliphatic rings. The lowest BCUT2D eigenvalue weighted by molar-refractivity contribution is -0.00964. The second-order valence-electron chi connectivity index (χ2n) is 3.80. The van der Waals surface area contributed by atoms with Gasteiger partial charge in [-0.3, -0.25) is 0 Å². The Morgan fingerprint density at radius 2 is 2.08 bits per heavy atom. The Bertz CT molecular complexity index is 257. The van der Waals surface area contributed by atoms with Gasteiger partial charge in [-0.05, 0) is 25.5 Å². The van der Waals surface area contributed by atoms with E-state index in [1.54, 1.807) is 0 Å². The van der Waals surface area contributed by atoms with Crippen LogP contribution in [0.4, 0.5) is 0 Å². The Kier molecular flexibility index (Phi) is 2.05. The summed E-state index contributed by atoms with van der Waals surface area (Å²) < 4.78 is 11.3. The summed E-state index contributed by atoms with van der Waals surface area (Å²) in [7, 11) is 0. The zero-order valence-corrected chi connectivity index (χ0v) is 8.25. The molecule has 0 saturated carbocycles. The van der Waals surface area contributed by atoms with Crippen LogP contribution in [0.15, 0.2) is 24.3 Å². The van der Waals surface area contributed by atoms with Crippen molar-refractivity contribution < 1.29 is 9.47 Å². The van der Waals surface area contributed by atoms with Crippen molar-refractivity contribution in [2.24, 2.45) is 0 Å². The van der Waals surface area contributed by atoms with Gasteiger partial charge >= 0.3 is 0 Å². The van der Waals surface area contributed by atoms with Gasteiger partial charge in [0, 0.05) is 0 Å². The van der Waals surface area contributed by atoms with Crippen molar-refractivity contribution in [2.45, 2.75) is 38.1 Å². The van der Waals surface area contributed by atoms with Gasteiger partial charge in [0.05, 0.1) is 6.61 Å². The largest absolute Gasteiger partial charge is 0.344 e. The molecule has 2 unspecified atom stereocenters. The third kappa shape index (κ3) is 1.34. The van der Waals surface area contributed by atoms with Gasteiger partial charge in [-0.15, -0.1) is 0 Å². The van der Waals surface area contributed by atoms with E-state index in [4.69, 9.17) is 9.47 Å². The number of allylic oxidation sites excluding steroid dienone is 2. The molecule has 0 amide bonds. The van der Waals surface area contributed by atoms with Crippen LogP contribution in [-0.2, 0) is 9.47 Å².